The van der Waals surface area contributed by atoms with Gasteiger partial charge >= 0.3 is 0 Å². The van der Waals surface area contributed by atoms with Crippen molar-refractivity contribution >= 4 is 5.69 Å². The highest BCUT2D eigenvalue weighted by Crippen LogP contribution is 2.31. The van der Waals surface area contributed by atoms with E-state index in [4.69, 9.17) is 19.9 Å². The number of hydrogen-bond donors (Lipinski definition) is 1. The first-order valence-corrected chi connectivity index (χ1v) is 6.01. The van der Waals surface area contributed by atoms with Gasteiger partial charge in [0.2, 0.25) is 0 Å². The monoisotopic (exact) mass is 237 g/mol. The maximum Gasteiger partial charge on any atom is 0.189 e. The number of benzene rings is 1. The van der Waals surface area contributed by atoms with Gasteiger partial charge in [-0.15, -0.1) is 0 Å². The van der Waals surface area contributed by atoms with Crippen LogP contribution >= 0.6 is 0 Å². The molecule has 1 aromatic rings. The summed E-state index contributed by atoms with van der Waals surface area (Å²) in [6, 6.07) is 3.81. The molecule has 0 bridgehead atoms. The zero-order valence-electron chi connectivity index (χ0n) is 10.2. The van der Waals surface area contributed by atoms with E-state index >= 15 is 0 Å². The molecule has 1 heterocycles. The van der Waals surface area contributed by atoms with Gasteiger partial charge in [0.15, 0.2) is 6.79 Å². The van der Waals surface area contributed by atoms with Gasteiger partial charge in [-0.3, -0.25) is 0 Å². The minimum absolute atomic E-state index is 0.304. The molecule has 0 saturated carbocycles. The smallest absolute Gasteiger partial charge is 0.189 e. The van der Waals surface area contributed by atoms with E-state index in [0.29, 0.717) is 20.0 Å². The number of fused-ring (bicyclic) bond motifs is 1. The fourth-order valence-corrected chi connectivity index (χ4v) is 1.86. The summed E-state index contributed by atoms with van der Waals surface area (Å²) in [5, 5.41) is 0. The number of rotatable bonds is 5. The molecule has 0 radical (unpaired) electrons. The van der Waals surface area contributed by atoms with E-state index in [1.165, 1.54) is 0 Å². The first kappa shape index (κ1) is 12.2. The Labute approximate surface area is 102 Å². The van der Waals surface area contributed by atoms with Crippen LogP contribution < -0.4 is 10.5 Å². The summed E-state index contributed by atoms with van der Waals surface area (Å²) in [6.45, 7) is 4.33. The standard InChI is InChI=1S/C13H19NO3/c1-2-3-4-15-7-10-5-12(14)6-11-8-16-9-17-13(10)11/h5-6H,2-4,7-9,14H2,1H3. The number of hydrogen-bond acceptors (Lipinski definition) is 4. The third kappa shape index (κ3) is 3.11. The molecular weight excluding hydrogens is 218 g/mol. The molecule has 4 nitrogen and oxygen atoms in total. The third-order valence-electron chi connectivity index (χ3n) is 2.71. The Bertz CT molecular complexity index is 379. The van der Waals surface area contributed by atoms with Crippen molar-refractivity contribution in [3.8, 4) is 5.75 Å². The van der Waals surface area contributed by atoms with Crippen LogP contribution in [0.15, 0.2) is 12.1 Å². The second-order valence-electron chi connectivity index (χ2n) is 4.19. The van der Waals surface area contributed by atoms with Crippen molar-refractivity contribution in [1.29, 1.82) is 0 Å². The second kappa shape index (κ2) is 5.89. The van der Waals surface area contributed by atoms with Crippen LogP contribution in [0.5, 0.6) is 5.75 Å². The normalized spacial score (nSPS) is 14.2. The van der Waals surface area contributed by atoms with Crippen LogP contribution in [0.3, 0.4) is 0 Å². The zero-order chi connectivity index (χ0) is 12.1. The van der Waals surface area contributed by atoms with Crippen molar-refractivity contribution in [2.45, 2.75) is 33.0 Å². The molecule has 94 valence electrons. The van der Waals surface area contributed by atoms with Crippen LogP contribution in [-0.4, -0.2) is 13.4 Å². The summed E-state index contributed by atoms with van der Waals surface area (Å²) in [7, 11) is 0. The van der Waals surface area contributed by atoms with Gasteiger partial charge in [0, 0.05) is 23.4 Å². The fraction of sp³-hybridized carbons (Fsp3) is 0.538. The molecule has 0 aromatic heterocycles. The molecule has 0 aliphatic carbocycles. The average molecular weight is 237 g/mol. The summed E-state index contributed by atoms with van der Waals surface area (Å²) in [4.78, 5) is 0. The summed E-state index contributed by atoms with van der Waals surface area (Å²) < 4.78 is 16.3. The molecule has 1 aromatic carbocycles. The van der Waals surface area contributed by atoms with Gasteiger partial charge < -0.3 is 19.9 Å². The maximum atomic E-state index is 5.85. The average Bonchev–Trinajstić information content (AvgIpc) is 2.34. The van der Waals surface area contributed by atoms with Crippen molar-refractivity contribution < 1.29 is 14.2 Å². The summed E-state index contributed by atoms with van der Waals surface area (Å²) in [5.74, 6) is 0.877. The molecule has 4 heteroatoms. The van der Waals surface area contributed by atoms with E-state index in [2.05, 4.69) is 6.92 Å². The Morgan fingerprint density at radius 2 is 2.29 bits per heavy atom. The van der Waals surface area contributed by atoms with E-state index in [-0.39, 0.29) is 0 Å². The highest BCUT2D eigenvalue weighted by molar-refractivity contribution is 5.53. The van der Waals surface area contributed by atoms with E-state index in [1.807, 2.05) is 12.1 Å². The van der Waals surface area contributed by atoms with Crippen LogP contribution in [0.2, 0.25) is 0 Å². The van der Waals surface area contributed by atoms with Crippen molar-refractivity contribution in [1.82, 2.24) is 0 Å². The highest BCUT2D eigenvalue weighted by atomic mass is 16.7. The van der Waals surface area contributed by atoms with Gasteiger partial charge in [-0.25, -0.2) is 0 Å². The SMILES string of the molecule is CCCCOCc1cc(N)cc2c1OCOC2. The highest BCUT2D eigenvalue weighted by Gasteiger charge is 2.15. The molecular formula is C13H19NO3. The molecule has 1 aliphatic heterocycles. The third-order valence-corrected chi connectivity index (χ3v) is 2.71. The van der Waals surface area contributed by atoms with Crippen molar-refractivity contribution in [3.05, 3.63) is 23.3 Å². The van der Waals surface area contributed by atoms with Crippen LogP contribution in [0.4, 0.5) is 5.69 Å². The Balaban J connectivity index is 2.07. The van der Waals surface area contributed by atoms with Crippen molar-refractivity contribution in [2.75, 3.05) is 19.1 Å². The topological polar surface area (TPSA) is 53.7 Å². The Morgan fingerprint density at radius 1 is 1.41 bits per heavy atom. The number of unbranched alkanes of at least 4 members (excludes halogenated alkanes) is 1. The summed E-state index contributed by atoms with van der Waals surface area (Å²) in [6.07, 6.45) is 2.22. The van der Waals surface area contributed by atoms with E-state index in [0.717, 1.165) is 42.0 Å². The van der Waals surface area contributed by atoms with E-state index in [9.17, 15) is 0 Å². The molecule has 2 rings (SSSR count). The van der Waals surface area contributed by atoms with Crippen LogP contribution in [0.25, 0.3) is 0 Å². The predicted octanol–water partition coefficient (Wildman–Crippen LogP) is 2.45. The Kier molecular flexibility index (Phi) is 4.23. The van der Waals surface area contributed by atoms with Gasteiger partial charge in [-0.2, -0.15) is 0 Å². The fourth-order valence-electron chi connectivity index (χ4n) is 1.86. The van der Waals surface area contributed by atoms with Gasteiger partial charge in [0.1, 0.15) is 5.75 Å². The van der Waals surface area contributed by atoms with Crippen LogP contribution in [0, 0.1) is 0 Å². The lowest BCUT2D eigenvalue weighted by Gasteiger charge is -2.21. The first-order chi connectivity index (χ1) is 8.31. The van der Waals surface area contributed by atoms with Crippen molar-refractivity contribution in [2.24, 2.45) is 0 Å². The van der Waals surface area contributed by atoms with E-state index < -0.39 is 0 Å². The number of ether oxygens (including phenoxy) is 3. The molecule has 0 unspecified atom stereocenters. The minimum atomic E-state index is 0.304. The molecule has 0 fully saturated rings. The molecule has 0 atom stereocenters. The summed E-state index contributed by atoms with van der Waals surface area (Å²) >= 11 is 0. The number of nitrogens with two attached hydrogens (primary N) is 1. The lowest BCUT2D eigenvalue weighted by atomic mass is 10.1. The minimum Gasteiger partial charge on any atom is -0.467 e. The van der Waals surface area contributed by atoms with Crippen LogP contribution in [-0.2, 0) is 22.7 Å². The molecule has 17 heavy (non-hydrogen) atoms. The van der Waals surface area contributed by atoms with Gasteiger partial charge in [-0.05, 0) is 18.6 Å². The Morgan fingerprint density at radius 3 is 3.12 bits per heavy atom. The maximum absolute atomic E-state index is 5.85. The quantitative estimate of drug-likeness (QED) is 0.631. The van der Waals surface area contributed by atoms with Gasteiger partial charge in [-0.1, -0.05) is 13.3 Å². The van der Waals surface area contributed by atoms with Crippen molar-refractivity contribution in [3.63, 3.8) is 0 Å². The molecule has 0 amide bonds. The molecule has 2 N–H and O–H groups in total. The zero-order valence-corrected chi connectivity index (χ0v) is 10.2. The first-order valence-electron chi connectivity index (χ1n) is 6.01. The lowest BCUT2D eigenvalue weighted by molar-refractivity contribution is -0.0183. The second-order valence-corrected chi connectivity index (χ2v) is 4.19. The molecule has 0 spiro atoms. The molecule has 1 aliphatic rings. The van der Waals surface area contributed by atoms with Gasteiger partial charge in [0.05, 0.1) is 13.2 Å². The Hall–Kier alpha value is -1.26. The summed E-state index contributed by atoms with van der Waals surface area (Å²) in [5.41, 5.74) is 8.59. The van der Waals surface area contributed by atoms with E-state index in [1.54, 1.807) is 0 Å². The number of anilines is 1. The lowest BCUT2D eigenvalue weighted by Crippen LogP contribution is -2.14. The van der Waals surface area contributed by atoms with Gasteiger partial charge in [0.25, 0.3) is 0 Å². The number of nitrogen functional groups attached to an aromatic ring is 1. The van der Waals surface area contributed by atoms with Crippen LogP contribution in [0.1, 0.15) is 30.9 Å². The largest absolute Gasteiger partial charge is 0.467 e. The predicted molar refractivity (Wildman–Crippen MR) is 65.7 cm³/mol. The molecule has 0 saturated heterocycles.